The van der Waals surface area contributed by atoms with Crippen molar-refractivity contribution in [3.63, 3.8) is 0 Å². The maximum atomic E-state index is 14.1. The van der Waals surface area contributed by atoms with Crippen LogP contribution in [0.5, 0.6) is 0 Å². The van der Waals surface area contributed by atoms with E-state index in [9.17, 15) is 4.39 Å². The molecule has 0 atom stereocenters. The summed E-state index contributed by atoms with van der Waals surface area (Å²) in [7, 11) is 0. The maximum Gasteiger partial charge on any atom is 0.144 e. The van der Waals surface area contributed by atoms with Crippen LogP contribution in [-0.4, -0.2) is 9.55 Å². The van der Waals surface area contributed by atoms with Crippen molar-refractivity contribution in [1.82, 2.24) is 9.55 Å². The number of nitrogens with zero attached hydrogens (tertiary/aromatic N) is 2. The van der Waals surface area contributed by atoms with E-state index in [-0.39, 0.29) is 5.82 Å². The van der Waals surface area contributed by atoms with E-state index in [0.29, 0.717) is 29.5 Å². The lowest BCUT2D eigenvalue weighted by Gasteiger charge is -2.11. The van der Waals surface area contributed by atoms with Crippen molar-refractivity contribution in [1.29, 1.82) is 0 Å². The topological polar surface area (TPSA) is 43.8 Å². The maximum absolute atomic E-state index is 14.1. The SMILES string of the molecule is NCc1cccc(Cn2ccnc2-c2c(F)cccc2Cl)c1. The van der Waals surface area contributed by atoms with Crippen molar-refractivity contribution in [2.24, 2.45) is 5.73 Å². The molecular weight excluding hydrogens is 301 g/mol. The van der Waals surface area contributed by atoms with Gasteiger partial charge in [0, 0.05) is 25.5 Å². The molecule has 0 fully saturated rings. The van der Waals surface area contributed by atoms with Gasteiger partial charge < -0.3 is 10.3 Å². The molecule has 0 aliphatic rings. The molecular formula is C17H15ClFN3. The fourth-order valence-electron chi connectivity index (χ4n) is 2.43. The van der Waals surface area contributed by atoms with Gasteiger partial charge in [-0.3, -0.25) is 0 Å². The molecule has 1 heterocycles. The van der Waals surface area contributed by atoms with Crippen LogP contribution in [0.15, 0.2) is 54.9 Å². The van der Waals surface area contributed by atoms with Crippen LogP contribution in [0.1, 0.15) is 11.1 Å². The first-order chi connectivity index (χ1) is 10.7. The van der Waals surface area contributed by atoms with E-state index in [1.807, 2.05) is 35.0 Å². The van der Waals surface area contributed by atoms with E-state index in [1.54, 1.807) is 18.3 Å². The molecule has 3 nitrogen and oxygen atoms in total. The second-order valence-corrected chi connectivity index (χ2v) is 5.41. The zero-order valence-electron chi connectivity index (χ0n) is 11.8. The van der Waals surface area contributed by atoms with Gasteiger partial charge in [-0.2, -0.15) is 0 Å². The molecule has 112 valence electrons. The van der Waals surface area contributed by atoms with E-state index in [4.69, 9.17) is 17.3 Å². The Morgan fingerprint density at radius 3 is 2.68 bits per heavy atom. The van der Waals surface area contributed by atoms with E-state index >= 15 is 0 Å². The molecule has 1 aromatic heterocycles. The van der Waals surface area contributed by atoms with Gasteiger partial charge in [-0.25, -0.2) is 9.37 Å². The number of imidazole rings is 1. The molecule has 0 bridgehead atoms. The Labute approximate surface area is 133 Å². The minimum Gasteiger partial charge on any atom is -0.326 e. The first-order valence-electron chi connectivity index (χ1n) is 6.92. The third kappa shape index (κ3) is 2.89. The minimum atomic E-state index is -0.379. The van der Waals surface area contributed by atoms with Crippen molar-refractivity contribution in [3.8, 4) is 11.4 Å². The fraction of sp³-hybridized carbons (Fsp3) is 0.118. The Morgan fingerprint density at radius 2 is 1.91 bits per heavy atom. The average Bonchev–Trinajstić information content (AvgIpc) is 2.95. The molecule has 0 spiro atoms. The summed E-state index contributed by atoms with van der Waals surface area (Å²) >= 11 is 6.13. The Kier molecular flexibility index (Phi) is 4.22. The number of halogens is 2. The Bertz CT molecular complexity index is 778. The van der Waals surface area contributed by atoms with Gasteiger partial charge >= 0.3 is 0 Å². The van der Waals surface area contributed by atoms with Crippen LogP contribution in [0.25, 0.3) is 11.4 Å². The van der Waals surface area contributed by atoms with Gasteiger partial charge in [-0.05, 0) is 23.3 Å². The zero-order chi connectivity index (χ0) is 15.5. The molecule has 22 heavy (non-hydrogen) atoms. The molecule has 0 aliphatic heterocycles. The van der Waals surface area contributed by atoms with Crippen molar-refractivity contribution in [2.75, 3.05) is 0 Å². The Hall–Kier alpha value is -2.17. The second kappa shape index (κ2) is 6.30. The number of hydrogen-bond donors (Lipinski definition) is 1. The lowest BCUT2D eigenvalue weighted by atomic mass is 10.1. The van der Waals surface area contributed by atoms with Crippen LogP contribution in [0.3, 0.4) is 0 Å². The van der Waals surface area contributed by atoms with Crippen LogP contribution in [0.4, 0.5) is 4.39 Å². The first kappa shape index (κ1) is 14.8. The monoisotopic (exact) mass is 315 g/mol. The molecule has 0 radical (unpaired) electrons. The number of aromatic nitrogens is 2. The van der Waals surface area contributed by atoms with Crippen LogP contribution in [0, 0.1) is 5.82 Å². The fourth-order valence-corrected chi connectivity index (χ4v) is 2.68. The van der Waals surface area contributed by atoms with Crippen LogP contribution >= 0.6 is 11.6 Å². The quantitative estimate of drug-likeness (QED) is 0.794. The lowest BCUT2D eigenvalue weighted by Crippen LogP contribution is -2.04. The molecule has 2 N–H and O–H groups in total. The van der Waals surface area contributed by atoms with Gasteiger partial charge in [-0.1, -0.05) is 41.9 Å². The molecule has 0 saturated heterocycles. The number of hydrogen-bond acceptors (Lipinski definition) is 2. The van der Waals surface area contributed by atoms with E-state index in [1.165, 1.54) is 6.07 Å². The third-order valence-corrected chi connectivity index (χ3v) is 3.80. The normalized spacial score (nSPS) is 10.9. The van der Waals surface area contributed by atoms with Crippen LogP contribution in [0.2, 0.25) is 5.02 Å². The molecule has 3 aromatic rings. The average molecular weight is 316 g/mol. The molecule has 0 aliphatic carbocycles. The molecule has 5 heteroatoms. The number of rotatable bonds is 4. The molecule has 0 saturated carbocycles. The van der Waals surface area contributed by atoms with E-state index < -0.39 is 0 Å². The highest BCUT2D eigenvalue weighted by Crippen LogP contribution is 2.29. The van der Waals surface area contributed by atoms with Gasteiger partial charge in [0.25, 0.3) is 0 Å². The van der Waals surface area contributed by atoms with E-state index in [0.717, 1.165) is 11.1 Å². The lowest BCUT2D eigenvalue weighted by molar-refractivity contribution is 0.628. The summed E-state index contributed by atoms with van der Waals surface area (Å²) in [6.07, 6.45) is 3.46. The second-order valence-electron chi connectivity index (χ2n) is 5.00. The summed E-state index contributed by atoms with van der Waals surface area (Å²) in [6.45, 7) is 1.07. The van der Waals surface area contributed by atoms with Crippen molar-refractivity contribution in [2.45, 2.75) is 13.1 Å². The zero-order valence-corrected chi connectivity index (χ0v) is 12.6. The van der Waals surface area contributed by atoms with Gasteiger partial charge in [-0.15, -0.1) is 0 Å². The number of benzene rings is 2. The summed E-state index contributed by atoms with van der Waals surface area (Å²) in [4.78, 5) is 4.26. The summed E-state index contributed by atoms with van der Waals surface area (Å²) in [6, 6.07) is 12.6. The van der Waals surface area contributed by atoms with Crippen molar-refractivity contribution < 1.29 is 4.39 Å². The van der Waals surface area contributed by atoms with Gasteiger partial charge in [0.2, 0.25) is 0 Å². The van der Waals surface area contributed by atoms with Crippen LogP contribution in [-0.2, 0) is 13.1 Å². The molecule has 0 unspecified atom stereocenters. The first-order valence-corrected chi connectivity index (χ1v) is 7.30. The molecule has 3 rings (SSSR count). The van der Waals surface area contributed by atoms with E-state index in [2.05, 4.69) is 4.98 Å². The molecule has 0 amide bonds. The standard InChI is InChI=1S/C17H15ClFN3/c18-14-5-2-6-15(19)16(14)17-21-7-8-22(17)11-13-4-1-3-12(9-13)10-20/h1-9H,10-11,20H2. The predicted molar refractivity (Wildman–Crippen MR) is 86.1 cm³/mol. The van der Waals surface area contributed by atoms with Gasteiger partial charge in [0.1, 0.15) is 11.6 Å². The highest BCUT2D eigenvalue weighted by Gasteiger charge is 2.15. The largest absolute Gasteiger partial charge is 0.326 e. The summed E-state index contributed by atoms with van der Waals surface area (Å²) in [5, 5.41) is 0.350. The van der Waals surface area contributed by atoms with Crippen molar-refractivity contribution in [3.05, 3.63) is 76.8 Å². The molecule has 2 aromatic carbocycles. The summed E-state index contributed by atoms with van der Waals surface area (Å²) in [5.74, 6) is 0.136. The predicted octanol–water partition coefficient (Wildman–Crippen LogP) is 3.85. The smallest absolute Gasteiger partial charge is 0.144 e. The summed E-state index contributed by atoms with van der Waals surface area (Å²) < 4.78 is 16.0. The minimum absolute atomic E-state index is 0.323. The Morgan fingerprint density at radius 1 is 1.14 bits per heavy atom. The third-order valence-electron chi connectivity index (χ3n) is 3.48. The Balaban J connectivity index is 1.99. The van der Waals surface area contributed by atoms with Gasteiger partial charge in [0.05, 0.1) is 10.6 Å². The highest BCUT2D eigenvalue weighted by atomic mass is 35.5. The highest BCUT2D eigenvalue weighted by molar-refractivity contribution is 6.33. The summed E-state index contributed by atoms with van der Waals surface area (Å²) in [5.41, 5.74) is 8.13. The van der Waals surface area contributed by atoms with Crippen LogP contribution < -0.4 is 5.73 Å². The van der Waals surface area contributed by atoms with Crippen molar-refractivity contribution >= 4 is 11.6 Å². The van der Waals surface area contributed by atoms with Gasteiger partial charge in [0.15, 0.2) is 0 Å². The number of nitrogens with two attached hydrogens (primary N) is 1.